The lowest BCUT2D eigenvalue weighted by Crippen LogP contribution is -2.12. The molecule has 0 aliphatic carbocycles. The Kier molecular flexibility index (Phi) is 8.08. The highest BCUT2D eigenvalue weighted by molar-refractivity contribution is 7.21. The Labute approximate surface area is 193 Å². The topological polar surface area (TPSA) is 98.8 Å². The summed E-state index contributed by atoms with van der Waals surface area (Å²) in [6, 6.07) is 9.71. The molecule has 168 valence electrons. The van der Waals surface area contributed by atoms with Crippen molar-refractivity contribution in [3.05, 3.63) is 53.9 Å². The molecule has 0 radical (unpaired) electrons. The fourth-order valence-corrected chi connectivity index (χ4v) is 3.70. The van der Waals surface area contributed by atoms with Crippen LogP contribution in [-0.2, 0) is 0 Å². The van der Waals surface area contributed by atoms with Gasteiger partial charge in [-0.1, -0.05) is 32.9 Å². The number of hydrogen-bond donors (Lipinski definition) is 2. The Balaban J connectivity index is 0.000000668. The maximum absolute atomic E-state index is 5.58. The first-order valence-electron chi connectivity index (χ1n) is 10.6. The SMILES string of the molecule is CC(C)C.Cc1ccc(Nc2cc3nc(-c4ncccc4C)sc3cn2)nc1OCCN. The van der Waals surface area contributed by atoms with Crippen molar-refractivity contribution < 1.29 is 4.74 Å². The van der Waals surface area contributed by atoms with E-state index in [1.807, 2.05) is 50.4 Å². The molecule has 0 aromatic carbocycles. The van der Waals surface area contributed by atoms with Crippen molar-refractivity contribution in [2.24, 2.45) is 11.7 Å². The quantitative estimate of drug-likeness (QED) is 0.400. The molecule has 0 fully saturated rings. The van der Waals surface area contributed by atoms with Crippen LogP contribution in [0.4, 0.5) is 11.6 Å². The van der Waals surface area contributed by atoms with E-state index in [4.69, 9.17) is 15.5 Å². The largest absolute Gasteiger partial charge is 0.476 e. The average molecular weight is 451 g/mol. The van der Waals surface area contributed by atoms with Crippen molar-refractivity contribution in [3.63, 3.8) is 0 Å². The number of nitrogens with one attached hydrogen (secondary N) is 1. The third-order valence-electron chi connectivity index (χ3n) is 4.15. The standard InChI is InChI=1S/C20H20N6OS.C4H10/c1-12-4-3-8-22-18(12)20-24-14-10-17(23-11-15(14)28-20)25-16-6-5-13(2)19(26-16)27-9-7-21;1-4(2)3/h3-6,8,10-11H,7,9,21H2,1-2H3,(H,23,25,26);4H,1-3H3. The molecular weight excluding hydrogens is 420 g/mol. The molecule has 4 rings (SSSR count). The Bertz CT molecular complexity index is 1170. The van der Waals surface area contributed by atoms with Gasteiger partial charge >= 0.3 is 0 Å². The zero-order chi connectivity index (χ0) is 23.1. The van der Waals surface area contributed by atoms with Gasteiger partial charge in [0.05, 0.1) is 10.2 Å². The summed E-state index contributed by atoms with van der Waals surface area (Å²) in [4.78, 5) is 18.2. The van der Waals surface area contributed by atoms with Crippen molar-refractivity contribution in [2.75, 3.05) is 18.5 Å². The van der Waals surface area contributed by atoms with Gasteiger partial charge in [-0.15, -0.1) is 11.3 Å². The fraction of sp³-hybridized carbons (Fsp3) is 0.333. The first-order chi connectivity index (χ1) is 15.4. The second kappa shape index (κ2) is 11.0. The van der Waals surface area contributed by atoms with Crippen molar-refractivity contribution in [1.82, 2.24) is 19.9 Å². The molecule has 0 aliphatic rings. The van der Waals surface area contributed by atoms with Gasteiger partial charge in [0, 0.05) is 30.6 Å². The smallest absolute Gasteiger partial charge is 0.218 e. The minimum absolute atomic E-state index is 0.427. The molecule has 4 aromatic rings. The lowest BCUT2D eigenvalue weighted by Gasteiger charge is -2.10. The van der Waals surface area contributed by atoms with Crippen LogP contribution >= 0.6 is 11.3 Å². The van der Waals surface area contributed by atoms with E-state index < -0.39 is 0 Å². The molecule has 32 heavy (non-hydrogen) atoms. The van der Waals surface area contributed by atoms with Crippen LogP contribution in [0, 0.1) is 19.8 Å². The number of rotatable bonds is 6. The first-order valence-corrected chi connectivity index (χ1v) is 11.4. The number of nitrogens with zero attached hydrogens (tertiary/aromatic N) is 4. The minimum atomic E-state index is 0.427. The number of aromatic nitrogens is 4. The minimum Gasteiger partial charge on any atom is -0.476 e. The molecule has 0 aliphatic heterocycles. The van der Waals surface area contributed by atoms with Crippen LogP contribution in [0.1, 0.15) is 31.9 Å². The monoisotopic (exact) mass is 450 g/mol. The van der Waals surface area contributed by atoms with E-state index in [-0.39, 0.29) is 0 Å². The van der Waals surface area contributed by atoms with Gasteiger partial charge in [0.1, 0.15) is 28.9 Å². The Morgan fingerprint density at radius 1 is 1.03 bits per heavy atom. The maximum Gasteiger partial charge on any atom is 0.218 e. The summed E-state index contributed by atoms with van der Waals surface area (Å²) in [5.74, 6) is 2.72. The molecule has 0 amide bonds. The zero-order valence-electron chi connectivity index (χ0n) is 19.2. The van der Waals surface area contributed by atoms with E-state index in [1.165, 1.54) is 0 Å². The van der Waals surface area contributed by atoms with E-state index in [2.05, 4.69) is 41.0 Å². The average Bonchev–Trinajstić information content (AvgIpc) is 3.17. The summed E-state index contributed by atoms with van der Waals surface area (Å²) in [5, 5.41) is 4.10. The predicted molar refractivity (Wildman–Crippen MR) is 133 cm³/mol. The summed E-state index contributed by atoms with van der Waals surface area (Å²) < 4.78 is 6.59. The lowest BCUT2D eigenvalue weighted by molar-refractivity contribution is 0.314. The van der Waals surface area contributed by atoms with Crippen molar-refractivity contribution >= 4 is 33.2 Å². The summed E-state index contributed by atoms with van der Waals surface area (Å²) in [6.07, 6.45) is 3.60. The number of hydrogen-bond acceptors (Lipinski definition) is 8. The zero-order valence-corrected chi connectivity index (χ0v) is 20.0. The first kappa shape index (κ1) is 23.6. The summed E-state index contributed by atoms with van der Waals surface area (Å²) >= 11 is 1.58. The van der Waals surface area contributed by atoms with Gasteiger partial charge in [-0.3, -0.25) is 4.98 Å². The summed E-state index contributed by atoms with van der Waals surface area (Å²) in [5.41, 5.74) is 9.33. The van der Waals surface area contributed by atoms with Gasteiger partial charge in [0.2, 0.25) is 5.88 Å². The molecule has 0 bridgehead atoms. The fourth-order valence-electron chi connectivity index (χ4n) is 2.73. The van der Waals surface area contributed by atoms with E-state index >= 15 is 0 Å². The molecule has 0 atom stereocenters. The van der Waals surface area contributed by atoms with Crippen LogP contribution in [0.2, 0.25) is 0 Å². The second-order valence-electron chi connectivity index (χ2n) is 8.04. The lowest BCUT2D eigenvalue weighted by atomic mass is 10.2. The van der Waals surface area contributed by atoms with Crippen LogP contribution in [0.5, 0.6) is 5.88 Å². The Hall–Kier alpha value is -3.10. The Morgan fingerprint density at radius 3 is 2.53 bits per heavy atom. The van der Waals surface area contributed by atoms with Gasteiger partial charge in [0.15, 0.2) is 0 Å². The van der Waals surface area contributed by atoms with E-state index in [1.54, 1.807) is 17.5 Å². The highest BCUT2D eigenvalue weighted by Crippen LogP contribution is 2.31. The summed E-state index contributed by atoms with van der Waals surface area (Å²) in [7, 11) is 0. The second-order valence-corrected chi connectivity index (χ2v) is 9.07. The van der Waals surface area contributed by atoms with E-state index in [0.717, 1.165) is 38.0 Å². The molecule has 4 heterocycles. The highest BCUT2D eigenvalue weighted by atomic mass is 32.1. The van der Waals surface area contributed by atoms with Crippen molar-refractivity contribution in [2.45, 2.75) is 34.6 Å². The number of nitrogens with two attached hydrogens (primary N) is 1. The number of pyridine rings is 3. The van der Waals surface area contributed by atoms with E-state index in [9.17, 15) is 0 Å². The molecule has 3 N–H and O–H groups in total. The van der Waals surface area contributed by atoms with E-state index in [0.29, 0.717) is 30.7 Å². The van der Waals surface area contributed by atoms with Gasteiger partial charge in [-0.25, -0.2) is 9.97 Å². The number of thiazole rings is 1. The normalized spacial score (nSPS) is 10.7. The number of ether oxygens (including phenoxy) is 1. The number of anilines is 2. The molecular formula is C24H30N6OS. The van der Waals surface area contributed by atoms with Crippen LogP contribution in [0.15, 0.2) is 42.7 Å². The number of fused-ring (bicyclic) bond motifs is 1. The third-order valence-corrected chi connectivity index (χ3v) is 5.16. The maximum atomic E-state index is 5.58. The number of aryl methyl sites for hydroxylation is 2. The van der Waals surface area contributed by atoms with Gasteiger partial charge in [-0.05, 0) is 37.5 Å². The van der Waals surface area contributed by atoms with Gasteiger partial charge in [-0.2, -0.15) is 4.98 Å². The van der Waals surface area contributed by atoms with Crippen LogP contribution in [0.25, 0.3) is 20.9 Å². The summed E-state index contributed by atoms with van der Waals surface area (Å²) in [6.45, 7) is 11.4. The molecule has 0 saturated heterocycles. The molecule has 0 saturated carbocycles. The molecule has 8 heteroatoms. The molecule has 4 aromatic heterocycles. The van der Waals surface area contributed by atoms with Crippen molar-refractivity contribution in [1.29, 1.82) is 0 Å². The van der Waals surface area contributed by atoms with Crippen molar-refractivity contribution in [3.8, 4) is 16.6 Å². The third kappa shape index (κ3) is 6.21. The molecule has 0 unspecified atom stereocenters. The van der Waals surface area contributed by atoms with Crippen LogP contribution < -0.4 is 15.8 Å². The molecule has 0 spiro atoms. The molecule has 7 nitrogen and oxygen atoms in total. The van der Waals surface area contributed by atoms with Crippen LogP contribution in [-0.4, -0.2) is 33.1 Å². The Morgan fingerprint density at radius 2 is 1.81 bits per heavy atom. The van der Waals surface area contributed by atoms with Gasteiger partial charge in [0.25, 0.3) is 0 Å². The van der Waals surface area contributed by atoms with Gasteiger partial charge < -0.3 is 15.8 Å². The predicted octanol–water partition coefficient (Wildman–Crippen LogP) is 5.51. The highest BCUT2D eigenvalue weighted by Gasteiger charge is 2.11. The van der Waals surface area contributed by atoms with Crippen LogP contribution in [0.3, 0.4) is 0 Å².